The summed E-state index contributed by atoms with van der Waals surface area (Å²) in [6.07, 6.45) is 7.42. The van der Waals surface area contributed by atoms with E-state index >= 15 is 0 Å². The van der Waals surface area contributed by atoms with Gasteiger partial charge >= 0.3 is 0 Å². The van der Waals surface area contributed by atoms with Gasteiger partial charge < -0.3 is 15.0 Å². The van der Waals surface area contributed by atoms with Crippen LogP contribution in [0.2, 0.25) is 0 Å². The Morgan fingerprint density at radius 3 is 2.94 bits per heavy atom. The average Bonchev–Trinajstić information content (AvgIpc) is 3.51. The van der Waals surface area contributed by atoms with Crippen molar-refractivity contribution < 1.29 is 4.74 Å². The zero-order chi connectivity index (χ0) is 23.4. The Kier molecular flexibility index (Phi) is 6.73. The minimum absolute atomic E-state index is 0.221. The molecule has 1 atom stereocenters. The van der Waals surface area contributed by atoms with E-state index in [4.69, 9.17) is 4.74 Å². The lowest BCUT2D eigenvalue weighted by atomic mass is 10.0. The lowest BCUT2D eigenvalue weighted by Gasteiger charge is -2.40. The molecule has 2 fully saturated rings. The van der Waals surface area contributed by atoms with Gasteiger partial charge in [-0.1, -0.05) is 24.1 Å². The molecule has 1 unspecified atom stereocenters. The number of thioether (sulfide) groups is 1. The average molecular weight is 472 g/mol. The maximum Gasteiger partial charge on any atom is 0.104 e. The van der Waals surface area contributed by atoms with Gasteiger partial charge in [0.25, 0.3) is 0 Å². The normalized spacial score (nSPS) is 20.3. The first-order valence-corrected chi connectivity index (χ1v) is 12.5. The molecule has 2 aromatic carbocycles. The molecule has 2 aliphatic heterocycles. The zero-order valence-corrected chi connectivity index (χ0v) is 20.2. The smallest absolute Gasteiger partial charge is 0.104 e. The van der Waals surface area contributed by atoms with E-state index < -0.39 is 0 Å². The Hall–Kier alpha value is -3.05. The summed E-state index contributed by atoms with van der Waals surface area (Å²) >= 11 is 2.07. The fraction of sp³-hybridized carbons (Fsp3) is 0.333. The molecule has 0 radical (unpaired) electrons. The van der Waals surface area contributed by atoms with Crippen LogP contribution in [0, 0.1) is 11.8 Å². The van der Waals surface area contributed by atoms with Gasteiger partial charge in [0.1, 0.15) is 5.70 Å². The standard InChI is InChI=1S/C27H29N5OS/c1-28-15-24(30-16-25-18-34-27(32(25)2)9-11-33-12-10-27)8-4-20-3-5-22-14-23(7-6-21(22)13-20)26-17-29-19-31-26/h3,5-7,13-15,17,19,25,30H,1,9-12,16,18H2,2H3,(H,29,31)/b24-15-. The summed E-state index contributed by atoms with van der Waals surface area (Å²) in [6, 6.07) is 13.1. The molecule has 0 amide bonds. The van der Waals surface area contributed by atoms with Crippen LogP contribution in [0.5, 0.6) is 0 Å². The lowest BCUT2D eigenvalue weighted by molar-refractivity contribution is 0.0232. The van der Waals surface area contributed by atoms with E-state index in [0.29, 0.717) is 6.04 Å². The van der Waals surface area contributed by atoms with Crippen LogP contribution in [-0.4, -0.2) is 65.1 Å². The molecule has 2 aliphatic rings. The monoisotopic (exact) mass is 471 g/mol. The van der Waals surface area contributed by atoms with E-state index in [-0.39, 0.29) is 4.87 Å². The van der Waals surface area contributed by atoms with Crippen molar-refractivity contribution in [2.75, 3.05) is 32.6 Å². The Balaban J connectivity index is 1.26. The third kappa shape index (κ3) is 4.76. The van der Waals surface area contributed by atoms with E-state index in [0.717, 1.165) is 66.3 Å². The number of fused-ring (bicyclic) bond motifs is 1. The van der Waals surface area contributed by atoms with Gasteiger partial charge in [-0.2, -0.15) is 0 Å². The number of benzene rings is 2. The summed E-state index contributed by atoms with van der Waals surface area (Å²) in [5.41, 5.74) is 3.88. The predicted octanol–water partition coefficient (Wildman–Crippen LogP) is 4.27. The van der Waals surface area contributed by atoms with Crippen LogP contribution >= 0.6 is 11.8 Å². The fourth-order valence-electron chi connectivity index (χ4n) is 4.67. The fourth-order valence-corrected chi connectivity index (χ4v) is 6.32. The van der Waals surface area contributed by atoms with Gasteiger partial charge in [-0.15, -0.1) is 11.8 Å². The van der Waals surface area contributed by atoms with E-state index in [9.17, 15) is 0 Å². The Morgan fingerprint density at radius 2 is 2.15 bits per heavy atom. The lowest BCUT2D eigenvalue weighted by Crippen LogP contribution is -2.49. The Bertz CT molecular complexity index is 1250. The minimum Gasteiger partial charge on any atom is -0.381 e. The number of aliphatic imine (C=N–C) groups is 1. The third-order valence-corrected chi connectivity index (χ3v) is 8.53. The molecule has 6 nitrogen and oxygen atoms in total. The van der Waals surface area contributed by atoms with Gasteiger partial charge in [-0.3, -0.25) is 9.89 Å². The molecule has 1 spiro atoms. The van der Waals surface area contributed by atoms with Crippen molar-refractivity contribution in [1.82, 2.24) is 20.2 Å². The van der Waals surface area contributed by atoms with Gasteiger partial charge in [0, 0.05) is 42.7 Å². The van der Waals surface area contributed by atoms with Crippen molar-refractivity contribution in [1.29, 1.82) is 0 Å². The molecule has 7 heteroatoms. The van der Waals surface area contributed by atoms with E-state index in [1.54, 1.807) is 12.5 Å². The molecule has 0 saturated carbocycles. The number of hydrogen-bond acceptors (Lipinski definition) is 6. The topological polar surface area (TPSA) is 65.5 Å². The second-order valence-corrected chi connectivity index (χ2v) is 10.1. The molecule has 5 rings (SSSR count). The number of ether oxygens (including phenoxy) is 1. The molecule has 2 N–H and O–H groups in total. The zero-order valence-electron chi connectivity index (χ0n) is 19.4. The van der Waals surface area contributed by atoms with Crippen LogP contribution < -0.4 is 5.32 Å². The van der Waals surface area contributed by atoms with Gasteiger partial charge in [-0.05, 0) is 61.5 Å². The molecule has 1 aromatic heterocycles. The van der Waals surface area contributed by atoms with Crippen LogP contribution in [0.4, 0.5) is 0 Å². The number of aromatic amines is 1. The molecule has 2 saturated heterocycles. The molecule has 3 aromatic rings. The minimum atomic E-state index is 0.221. The maximum absolute atomic E-state index is 5.59. The van der Waals surface area contributed by atoms with Crippen LogP contribution in [-0.2, 0) is 4.74 Å². The third-order valence-electron chi connectivity index (χ3n) is 6.75. The van der Waals surface area contributed by atoms with Crippen molar-refractivity contribution >= 4 is 29.3 Å². The number of likely N-dealkylation sites (N-methyl/N-ethyl adjacent to an activating group) is 1. The molecule has 34 heavy (non-hydrogen) atoms. The molecular formula is C27H29N5OS. The van der Waals surface area contributed by atoms with Gasteiger partial charge in [0.2, 0.25) is 0 Å². The largest absolute Gasteiger partial charge is 0.381 e. The van der Waals surface area contributed by atoms with Crippen molar-refractivity contribution in [3.63, 3.8) is 0 Å². The predicted molar refractivity (Wildman–Crippen MR) is 141 cm³/mol. The van der Waals surface area contributed by atoms with Crippen LogP contribution in [0.25, 0.3) is 22.0 Å². The Labute approximate surface area is 204 Å². The van der Waals surface area contributed by atoms with Gasteiger partial charge in [0.15, 0.2) is 0 Å². The highest BCUT2D eigenvalue weighted by Gasteiger charge is 2.45. The highest BCUT2D eigenvalue weighted by atomic mass is 32.2. The number of imidazole rings is 1. The SMILES string of the molecule is C=N/C=C(/C#Cc1ccc2cc(-c3cnc[nH]3)ccc2c1)NCC1CSC2(CCOCC2)N1C. The molecule has 174 valence electrons. The first-order chi connectivity index (χ1) is 16.7. The molecule has 3 heterocycles. The highest BCUT2D eigenvalue weighted by molar-refractivity contribution is 8.00. The number of nitrogens with one attached hydrogen (secondary N) is 2. The highest BCUT2D eigenvalue weighted by Crippen LogP contribution is 2.44. The van der Waals surface area contributed by atoms with Crippen LogP contribution in [0.1, 0.15) is 18.4 Å². The maximum atomic E-state index is 5.59. The number of allylic oxidation sites excluding steroid dienone is 1. The quantitative estimate of drug-likeness (QED) is 0.430. The van der Waals surface area contributed by atoms with E-state index in [2.05, 4.69) is 98.9 Å². The number of rotatable bonds is 5. The first kappa shape index (κ1) is 22.7. The van der Waals surface area contributed by atoms with Crippen molar-refractivity contribution in [2.45, 2.75) is 23.8 Å². The van der Waals surface area contributed by atoms with Crippen molar-refractivity contribution in [3.05, 3.63) is 66.4 Å². The first-order valence-electron chi connectivity index (χ1n) is 11.6. The van der Waals surface area contributed by atoms with E-state index in [1.807, 2.05) is 6.20 Å². The summed E-state index contributed by atoms with van der Waals surface area (Å²) in [6.45, 7) is 6.15. The van der Waals surface area contributed by atoms with Gasteiger partial charge in [0.05, 0.1) is 29.3 Å². The van der Waals surface area contributed by atoms with Crippen LogP contribution in [0.15, 0.2) is 65.8 Å². The molecular weight excluding hydrogens is 442 g/mol. The Morgan fingerprint density at radius 1 is 1.32 bits per heavy atom. The summed E-state index contributed by atoms with van der Waals surface area (Å²) in [5, 5.41) is 5.83. The number of hydrogen-bond donors (Lipinski definition) is 2. The number of H-pyrrole nitrogens is 1. The van der Waals surface area contributed by atoms with Gasteiger partial charge in [-0.25, -0.2) is 4.98 Å². The van der Waals surface area contributed by atoms with E-state index in [1.165, 1.54) is 5.39 Å². The summed E-state index contributed by atoms with van der Waals surface area (Å²) in [5.74, 6) is 7.65. The summed E-state index contributed by atoms with van der Waals surface area (Å²) < 4.78 is 5.59. The van der Waals surface area contributed by atoms with Crippen molar-refractivity contribution in [2.24, 2.45) is 4.99 Å². The van der Waals surface area contributed by atoms with Crippen molar-refractivity contribution in [3.8, 4) is 23.1 Å². The van der Waals surface area contributed by atoms with Crippen LogP contribution in [0.3, 0.4) is 0 Å². The second-order valence-electron chi connectivity index (χ2n) is 8.73. The second kappa shape index (κ2) is 10.1. The number of nitrogens with zero attached hydrogens (tertiary/aromatic N) is 3. The molecule has 0 bridgehead atoms. The summed E-state index contributed by atoms with van der Waals surface area (Å²) in [7, 11) is 2.24. The number of aromatic nitrogens is 2. The summed E-state index contributed by atoms with van der Waals surface area (Å²) in [4.78, 5) is 14.0. The molecule has 0 aliphatic carbocycles.